The largest absolute Gasteiger partial charge is 0.497 e. The monoisotopic (exact) mass is 392 g/mol. The second-order valence-electron chi connectivity index (χ2n) is 7.66. The highest BCUT2D eigenvalue weighted by Crippen LogP contribution is 2.30. The molecule has 1 aromatic heterocycles. The SMILES string of the molecule is COc1ccc(C(=O)C2CCN(CCc3c[nH]c4ccccc34)CC2)c(OC)c1. The molecular formula is C24H28N2O3. The molecule has 1 aliphatic heterocycles. The van der Waals surface area contributed by atoms with Crippen molar-refractivity contribution < 1.29 is 14.3 Å². The molecule has 0 radical (unpaired) electrons. The van der Waals surface area contributed by atoms with Gasteiger partial charge in [-0.1, -0.05) is 18.2 Å². The number of benzene rings is 2. The van der Waals surface area contributed by atoms with Gasteiger partial charge in [-0.2, -0.15) is 0 Å². The lowest BCUT2D eigenvalue weighted by Crippen LogP contribution is -2.37. The lowest BCUT2D eigenvalue weighted by Gasteiger charge is -2.31. The van der Waals surface area contributed by atoms with Crippen molar-refractivity contribution in [3.63, 3.8) is 0 Å². The number of para-hydroxylation sites is 1. The molecule has 3 aromatic rings. The number of methoxy groups -OCH3 is 2. The fourth-order valence-corrected chi connectivity index (χ4v) is 4.26. The van der Waals surface area contributed by atoms with Gasteiger partial charge in [0.2, 0.25) is 0 Å². The summed E-state index contributed by atoms with van der Waals surface area (Å²) in [6.45, 7) is 2.93. The number of ketones is 1. The minimum atomic E-state index is 0.0571. The molecule has 1 aliphatic rings. The van der Waals surface area contributed by atoms with Crippen LogP contribution in [0.2, 0.25) is 0 Å². The van der Waals surface area contributed by atoms with Crippen LogP contribution in [0.1, 0.15) is 28.8 Å². The van der Waals surface area contributed by atoms with Crippen molar-refractivity contribution >= 4 is 16.7 Å². The number of nitrogens with one attached hydrogen (secondary N) is 1. The maximum Gasteiger partial charge on any atom is 0.169 e. The van der Waals surface area contributed by atoms with E-state index in [-0.39, 0.29) is 11.7 Å². The van der Waals surface area contributed by atoms with Crippen molar-refractivity contribution in [2.75, 3.05) is 33.9 Å². The normalized spacial score (nSPS) is 15.5. The maximum absolute atomic E-state index is 13.0. The summed E-state index contributed by atoms with van der Waals surface area (Å²) in [5.74, 6) is 1.53. The van der Waals surface area contributed by atoms with Gasteiger partial charge in [-0.25, -0.2) is 0 Å². The van der Waals surface area contributed by atoms with E-state index in [9.17, 15) is 4.79 Å². The number of aromatic amines is 1. The molecular weight excluding hydrogens is 364 g/mol. The number of nitrogens with zero attached hydrogens (tertiary/aromatic N) is 1. The maximum atomic E-state index is 13.0. The summed E-state index contributed by atoms with van der Waals surface area (Å²) in [5.41, 5.74) is 3.22. The van der Waals surface area contributed by atoms with Gasteiger partial charge < -0.3 is 19.4 Å². The Morgan fingerprint density at radius 2 is 1.90 bits per heavy atom. The van der Waals surface area contributed by atoms with Crippen molar-refractivity contribution in [3.8, 4) is 11.5 Å². The van der Waals surface area contributed by atoms with Gasteiger partial charge in [-0.05, 0) is 56.1 Å². The highest BCUT2D eigenvalue weighted by molar-refractivity contribution is 6.00. The number of carbonyl (C=O) groups excluding carboxylic acids is 1. The number of Topliss-reactive ketones (excluding diaryl/α,β-unsaturated/α-hetero) is 1. The topological polar surface area (TPSA) is 54.6 Å². The van der Waals surface area contributed by atoms with Crippen LogP contribution >= 0.6 is 0 Å². The van der Waals surface area contributed by atoms with Crippen LogP contribution in [0.3, 0.4) is 0 Å². The number of piperidine rings is 1. The summed E-state index contributed by atoms with van der Waals surface area (Å²) in [4.78, 5) is 18.9. The van der Waals surface area contributed by atoms with Gasteiger partial charge in [0, 0.05) is 35.6 Å². The number of hydrogen-bond acceptors (Lipinski definition) is 4. The number of rotatable bonds is 7. The molecule has 0 amide bonds. The average molecular weight is 392 g/mol. The third-order valence-corrected chi connectivity index (χ3v) is 6.00. The van der Waals surface area contributed by atoms with Crippen LogP contribution in [0, 0.1) is 5.92 Å². The molecule has 0 spiro atoms. The Morgan fingerprint density at radius 3 is 2.66 bits per heavy atom. The van der Waals surface area contributed by atoms with Gasteiger partial charge >= 0.3 is 0 Å². The lowest BCUT2D eigenvalue weighted by molar-refractivity contribution is 0.0838. The number of likely N-dealkylation sites (tertiary alicyclic amines) is 1. The molecule has 4 rings (SSSR count). The summed E-state index contributed by atoms with van der Waals surface area (Å²) in [6.07, 6.45) is 4.93. The molecule has 0 aliphatic carbocycles. The third kappa shape index (κ3) is 4.15. The van der Waals surface area contributed by atoms with E-state index in [0.717, 1.165) is 38.9 Å². The summed E-state index contributed by atoms with van der Waals surface area (Å²) in [5, 5.41) is 1.31. The second kappa shape index (κ2) is 8.70. The van der Waals surface area contributed by atoms with Crippen LogP contribution in [-0.4, -0.2) is 49.5 Å². The van der Waals surface area contributed by atoms with Crippen LogP contribution in [0.5, 0.6) is 11.5 Å². The zero-order valence-electron chi connectivity index (χ0n) is 17.1. The van der Waals surface area contributed by atoms with Crippen molar-refractivity contribution in [3.05, 3.63) is 59.8 Å². The predicted octanol–water partition coefficient (Wildman–Crippen LogP) is 4.32. The number of carbonyl (C=O) groups is 1. The molecule has 2 aromatic carbocycles. The van der Waals surface area contributed by atoms with Crippen molar-refractivity contribution in [2.45, 2.75) is 19.3 Å². The van der Waals surface area contributed by atoms with Crippen molar-refractivity contribution in [1.82, 2.24) is 9.88 Å². The molecule has 29 heavy (non-hydrogen) atoms. The molecule has 0 atom stereocenters. The number of aromatic nitrogens is 1. The Hall–Kier alpha value is -2.79. The molecule has 0 bridgehead atoms. The van der Waals surface area contributed by atoms with Crippen molar-refractivity contribution in [1.29, 1.82) is 0 Å². The van der Waals surface area contributed by atoms with Crippen LogP contribution < -0.4 is 9.47 Å². The quantitative estimate of drug-likeness (QED) is 0.609. The predicted molar refractivity (Wildman–Crippen MR) is 115 cm³/mol. The first-order valence-electron chi connectivity index (χ1n) is 10.2. The van der Waals surface area contributed by atoms with Crippen LogP contribution in [-0.2, 0) is 6.42 Å². The van der Waals surface area contributed by atoms with Gasteiger partial charge in [-0.15, -0.1) is 0 Å². The van der Waals surface area contributed by atoms with Crippen molar-refractivity contribution in [2.24, 2.45) is 5.92 Å². The summed E-state index contributed by atoms with van der Waals surface area (Å²) < 4.78 is 10.7. The molecule has 1 fully saturated rings. The first-order valence-corrected chi connectivity index (χ1v) is 10.2. The Morgan fingerprint density at radius 1 is 1.10 bits per heavy atom. The van der Waals surface area contributed by atoms with E-state index in [4.69, 9.17) is 9.47 Å². The van der Waals surface area contributed by atoms with Crippen LogP contribution in [0.25, 0.3) is 10.9 Å². The van der Waals surface area contributed by atoms with Gasteiger partial charge in [0.15, 0.2) is 5.78 Å². The zero-order valence-corrected chi connectivity index (χ0v) is 17.1. The number of fused-ring (bicyclic) bond motifs is 1. The minimum absolute atomic E-state index is 0.0571. The van der Waals surface area contributed by atoms with E-state index >= 15 is 0 Å². The summed E-state index contributed by atoms with van der Waals surface area (Å²) >= 11 is 0. The summed E-state index contributed by atoms with van der Waals surface area (Å²) in [6, 6.07) is 13.9. The fourth-order valence-electron chi connectivity index (χ4n) is 4.26. The van der Waals surface area contributed by atoms with Gasteiger partial charge in [0.1, 0.15) is 11.5 Å². The van der Waals surface area contributed by atoms with E-state index in [1.165, 1.54) is 16.5 Å². The van der Waals surface area contributed by atoms with E-state index in [0.29, 0.717) is 17.1 Å². The number of H-pyrrole nitrogens is 1. The smallest absolute Gasteiger partial charge is 0.169 e. The molecule has 5 nitrogen and oxygen atoms in total. The van der Waals surface area contributed by atoms with Gasteiger partial charge in [-0.3, -0.25) is 4.79 Å². The van der Waals surface area contributed by atoms with Gasteiger partial charge in [0.25, 0.3) is 0 Å². The molecule has 2 heterocycles. The van der Waals surface area contributed by atoms with Crippen LogP contribution in [0.4, 0.5) is 0 Å². The Balaban J connectivity index is 1.34. The Bertz CT molecular complexity index is 987. The highest BCUT2D eigenvalue weighted by Gasteiger charge is 2.27. The molecule has 1 N–H and O–H groups in total. The van der Waals surface area contributed by atoms with Gasteiger partial charge in [0.05, 0.1) is 19.8 Å². The first kappa shape index (κ1) is 19.5. The Labute approximate surface area is 171 Å². The summed E-state index contributed by atoms with van der Waals surface area (Å²) in [7, 11) is 3.21. The average Bonchev–Trinajstić information content (AvgIpc) is 3.20. The molecule has 152 valence electrons. The lowest BCUT2D eigenvalue weighted by atomic mass is 9.88. The molecule has 0 unspecified atom stereocenters. The highest BCUT2D eigenvalue weighted by atomic mass is 16.5. The molecule has 0 saturated carbocycles. The fraction of sp³-hybridized carbons (Fsp3) is 0.375. The van der Waals surface area contributed by atoms with Crippen LogP contribution in [0.15, 0.2) is 48.7 Å². The first-order chi connectivity index (χ1) is 14.2. The molecule has 5 heteroatoms. The third-order valence-electron chi connectivity index (χ3n) is 6.00. The van der Waals surface area contributed by atoms with E-state index in [2.05, 4.69) is 40.3 Å². The second-order valence-corrected chi connectivity index (χ2v) is 7.66. The standard InChI is InChI=1S/C24H28N2O3/c1-28-19-7-8-21(23(15-19)29-2)24(27)17-9-12-26(13-10-17)14-11-18-16-25-22-6-4-3-5-20(18)22/h3-8,15-17,25H,9-14H2,1-2H3. The van der Waals surface area contributed by atoms with E-state index in [1.807, 2.05) is 12.1 Å². The minimum Gasteiger partial charge on any atom is -0.497 e. The molecule has 1 saturated heterocycles. The zero-order chi connectivity index (χ0) is 20.2. The van der Waals surface area contributed by atoms with E-state index < -0.39 is 0 Å². The van der Waals surface area contributed by atoms with E-state index in [1.54, 1.807) is 20.3 Å². The number of ether oxygens (including phenoxy) is 2. The Kier molecular flexibility index (Phi) is 5.86. The number of hydrogen-bond donors (Lipinski definition) is 1.